The van der Waals surface area contributed by atoms with Gasteiger partial charge in [-0.05, 0) is 54.1 Å². The van der Waals surface area contributed by atoms with Gasteiger partial charge in [0.2, 0.25) is 5.91 Å². The zero-order chi connectivity index (χ0) is 21.4. The number of rotatable bonds is 5. The molecule has 31 heavy (non-hydrogen) atoms. The van der Waals surface area contributed by atoms with Crippen molar-refractivity contribution in [3.8, 4) is 0 Å². The lowest BCUT2D eigenvalue weighted by Gasteiger charge is -2.36. The second-order valence-electron chi connectivity index (χ2n) is 7.76. The smallest absolute Gasteiger partial charge is 0.258 e. The first-order chi connectivity index (χ1) is 15.1. The molecule has 1 aromatic carbocycles. The lowest BCUT2D eigenvalue weighted by Crippen LogP contribution is -2.44. The Morgan fingerprint density at radius 1 is 1.19 bits per heavy atom. The second-order valence-corrected chi connectivity index (χ2v) is 9.74. The fourth-order valence-corrected chi connectivity index (χ4v) is 5.94. The average molecular weight is 451 g/mol. The number of fused-ring (bicyclic) bond motifs is 2. The van der Waals surface area contributed by atoms with E-state index in [1.807, 2.05) is 41.1 Å². The Kier molecular flexibility index (Phi) is 5.43. The molecule has 1 aliphatic heterocycles. The van der Waals surface area contributed by atoms with E-state index in [1.54, 1.807) is 28.7 Å². The average Bonchev–Trinajstić information content (AvgIpc) is 3.45. The van der Waals surface area contributed by atoms with Gasteiger partial charge in [-0.1, -0.05) is 18.2 Å². The molecule has 4 heterocycles. The van der Waals surface area contributed by atoms with Gasteiger partial charge in [-0.3, -0.25) is 14.5 Å². The van der Waals surface area contributed by atoms with Gasteiger partial charge in [-0.15, -0.1) is 22.7 Å². The van der Waals surface area contributed by atoms with Gasteiger partial charge in [0.1, 0.15) is 5.82 Å². The molecule has 0 bridgehead atoms. The van der Waals surface area contributed by atoms with Crippen LogP contribution in [0, 0.1) is 0 Å². The zero-order valence-corrected chi connectivity index (χ0v) is 18.7. The van der Waals surface area contributed by atoms with E-state index in [2.05, 4.69) is 32.9 Å². The van der Waals surface area contributed by atoms with Crippen molar-refractivity contribution in [2.24, 2.45) is 0 Å². The minimum atomic E-state index is -0.154. The molecule has 6 nitrogen and oxygen atoms in total. The lowest BCUT2D eigenvalue weighted by atomic mass is 9.98. The van der Waals surface area contributed by atoms with Gasteiger partial charge in [0.05, 0.1) is 30.0 Å². The number of thiophene rings is 2. The van der Waals surface area contributed by atoms with E-state index in [9.17, 15) is 9.59 Å². The van der Waals surface area contributed by atoms with Crippen molar-refractivity contribution in [1.29, 1.82) is 0 Å². The summed E-state index contributed by atoms with van der Waals surface area (Å²) in [5, 5.41) is 4.75. The van der Waals surface area contributed by atoms with Crippen LogP contribution in [0.3, 0.4) is 0 Å². The first-order valence-electron chi connectivity index (χ1n) is 10.2. The molecule has 8 heteroatoms. The number of likely N-dealkylation sites (N-methyl/N-ethyl adjacent to an activating group) is 1. The van der Waals surface area contributed by atoms with E-state index in [-0.39, 0.29) is 24.1 Å². The van der Waals surface area contributed by atoms with Gasteiger partial charge < -0.3 is 9.88 Å². The van der Waals surface area contributed by atoms with Crippen LogP contribution in [0.4, 0.5) is 0 Å². The summed E-state index contributed by atoms with van der Waals surface area (Å²) in [5.74, 6) is 0.647. The summed E-state index contributed by atoms with van der Waals surface area (Å²) in [6.07, 6.45) is 0.893. The Balaban J connectivity index is 1.34. The number of carbonyl (C=O) groups is 1. The number of hydrogen-bond acceptors (Lipinski definition) is 6. The summed E-state index contributed by atoms with van der Waals surface area (Å²) in [6.45, 7) is 1.37. The number of nitrogens with zero attached hydrogens (tertiary/aromatic N) is 3. The van der Waals surface area contributed by atoms with Crippen molar-refractivity contribution in [3.63, 3.8) is 0 Å². The van der Waals surface area contributed by atoms with Gasteiger partial charge in [-0.25, -0.2) is 4.98 Å². The molecule has 1 N–H and O–H groups in total. The number of amides is 1. The highest BCUT2D eigenvalue weighted by Crippen LogP contribution is 2.39. The molecular weight excluding hydrogens is 428 g/mol. The molecule has 0 spiro atoms. The number of aromatic amines is 1. The molecule has 0 saturated heterocycles. The topological polar surface area (TPSA) is 69.3 Å². The number of H-pyrrole nitrogens is 1. The molecule has 4 aromatic rings. The van der Waals surface area contributed by atoms with Crippen LogP contribution in [-0.2, 0) is 17.8 Å². The molecule has 0 radical (unpaired) electrons. The predicted molar refractivity (Wildman–Crippen MR) is 125 cm³/mol. The van der Waals surface area contributed by atoms with Gasteiger partial charge in [0.25, 0.3) is 5.56 Å². The van der Waals surface area contributed by atoms with E-state index in [0.29, 0.717) is 29.8 Å². The maximum Gasteiger partial charge on any atom is 0.258 e. The van der Waals surface area contributed by atoms with Crippen LogP contribution in [0.1, 0.15) is 27.2 Å². The van der Waals surface area contributed by atoms with Crippen molar-refractivity contribution in [1.82, 2.24) is 19.8 Å². The standard InChI is InChI=1S/C23H22N4O2S2/c1-26(13-20-24-17-6-3-2-5-15(17)23(29)25-20)14-21(28)27-10-8-18-16(9-12-31-18)22(27)19-7-4-11-30-19/h2-7,9,11-12,22H,8,10,13-14H2,1H3,(H,24,25,29). The number of carbonyl (C=O) groups excluding carboxylic acids is 1. The van der Waals surface area contributed by atoms with Crippen LogP contribution in [0.25, 0.3) is 10.9 Å². The molecule has 0 fully saturated rings. The highest BCUT2D eigenvalue weighted by molar-refractivity contribution is 7.10. The van der Waals surface area contributed by atoms with Crippen LogP contribution >= 0.6 is 22.7 Å². The van der Waals surface area contributed by atoms with Crippen molar-refractivity contribution < 1.29 is 4.79 Å². The molecule has 158 valence electrons. The van der Waals surface area contributed by atoms with E-state index in [1.165, 1.54) is 15.3 Å². The van der Waals surface area contributed by atoms with Crippen molar-refractivity contribution >= 4 is 39.5 Å². The number of para-hydroxylation sites is 1. The number of benzene rings is 1. The third-order valence-electron chi connectivity index (χ3n) is 5.59. The van der Waals surface area contributed by atoms with Crippen molar-refractivity contribution in [2.45, 2.75) is 19.0 Å². The Morgan fingerprint density at radius 3 is 2.90 bits per heavy atom. The Hall–Kier alpha value is -2.81. The van der Waals surface area contributed by atoms with Crippen LogP contribution in [0.2, 0.25) is 0 Å². The quantitative estimate of drug-likeness (QED) is 0.504. The second kappa shape index (κ2) is 8.37. The van der Waals surface area contributed by atoms with Crippen LogP contribution < -0.4 is 5.56 Å². The summed E-state index contributed by atoms with van der Waals surface area (Å²) in [7, 11) is 1.88. The van der Waals surface area contributed by atoms with Crippen LogP contribution in [0.5, 0.6) is 0 Å². The van der Waals surface area contributed by atoms with Gasteiger partial charge in [-0.2, -0.15) is 0 Å². The Bertz CT molecular complexity index is 1280. The number of hydrogen-bond donors (Lipinski definition) is 1. The molecule has 1 amide bonds. The highest BCUT2D eigenvalue weighted by atomic mass is 32.1. The first-order valence-corrected chi connectivity index (χ1v) is 11.9. The van der Waals surface area contributed by atoms with Crippen molar-refractivity contribution in [3.05, 3.63) is 84.7 Å². The molecule has 1 aliphatic rings. The number of aromatic nitrogens is 2. The van der Waals surface area contributed by atoms with E-state index in [0.717, 1.165) is 6.42 Å². The van der Waals surface area contributed by atoms with E-state index in [4.69, 9.17) is 0 Å². The number of nitrogens with one attached hydrogen (secondary N) is 1. The minimum Gasteiger partial charge on any atom is -0.329 e. The monoisotopic (exact) mass is 450 g/mol. The summed E-state index contributed by atoms with van der Waals surface area (Å²) in [6, 6.07) is 13.6. The molecule has 1 atom stereocenters. The van der Waals surface area contributed by atoms with Gasteiger partial charge in [0.15, 0.2) is 0 Å². The fraction of sp³-hybridized carbons (Fsp3) is 0.261. The van der Waals surface area contributed by atoms with Crippen molar-refractivity contribution in [2.75, 3.05) is 20.1 Å². The molecule has 0 saturated carbocycles. The van der Waals surface area contributed by atoms with E-state index < -0.39 is 0 Å². The maximum absolute atomic E-state index is 13.3. The molecular formula is C23H22N4O2S2. The summed E-state index contributed by atoms with van der Waals surface area (Å²) in [5.41, 5.74) is 1.76. The molecule has 5 rings (SSSR count). The largest absolute Gasteiger partial charge is 0.329 e. The highest BCUT2D eigenvalue weighted by Gasteiger charge is 2.33. The summed E-state index contributed by atoms with van der Waals surface area (Å²) < 4.78 is 0. The lowest BCUT2D eigenvalue weighted by molar-refractivity contribution is -0.134. The van der Waals surface area contributed by atoms with Crippen LogP contribution in [-0.4, -0.2) is 45.8 Å². The fourth-order valence-electron chi connectivity index (χ4n) is 4.18. The summed E-state index contributed by atoms with van der Waals surface area (Å²) in [4.78, 5) is 39.5. The molecule has 1 unspecified atom stereocenters. The van der Waals surface area contributed by atoms with E-state index >= 15 is 0 Å². The van der Waals surface area contributed by atoms with Gasteiger partial charge in [0, 0.05) is 16.3 Å². The Morgan fingerprint density at radius 2 is 2.06 bits per heavy atom. The summed E-state index contributed by atoms with van der Waals surface area (Å²) >= 11 is 3.46. The normalized spacial score (nSPS) is 16.1. The zero-order valence-electron chi connectivity index (χ0n) is 17.1. The molecule has 3 aromatic heterocycles. The third kappa shape index (κ3) is 3.94. The van der Waals surface area contributed by atoms with Crippen LogP contribution in [0.15, 0.2) is 58.0 Å². The maximum atomic E-state index is 13.3. The molecule has 0 aliphatic carbocycles. The minimum absolute atomic E-state index is 0.0190. The predicted octanol–water partition coefficient (Wildman–Crippen LogP) is 3.65. The Labute approximate surface area is 187 Å². The first kappa shape index (κ1) is 20.1. The van der Waals surface area contributed by atoms with Gasteiger partial charge >= 0.3 is 0 Å². The third-order valence-corrected chi connectivity index (χ3v) is 7.51. The SMILES string of the molecule is CN(CC(=O)N1CCc2sccc2C1c1cccs1)Cc1nc2ccccc2c(=O)[nH]1.